The molecule has 3 heteroatoms. The van der Waals surface area contributed by atoms with Gasteiger partial charge in [0.25, 0.3) is 0 Å². The van der Waals surface area contributed by atoms with Crippen molar-refractivity contribution in [2.45, 2.75) is 12.3 Å². The lowest BCUT2D eigenvalue weighted by molar-refractivity contribution is 0.385. The predicted molar refractivity (Wildman–Crippen MR) is 72.4 cm³/mol. The van der Waals surface area contributed by atoms with E-state index in [4.69, 9.17) is 5.26 Å². The normalized spacial score (nSPS) is 22.3. The number of hydrogen-bond donors (Lipinski definition) is 1. The number of benzene rings is 1. The molecule has 1 aromatic carbocycles. The Hall–Kier alpha value is -1.79. The highest BCUT2D eigenvalue weighted by atomic mass is 15.1. The second-order valence-corrected chi connectivity index (χ2v) is 5.48. The Bertz CT molecular complexity index is 618. The molecule has 2 atom stereocenters. The summed E-state index contributed by atoms with van der Waals surface area (Å²) in [6.07, 6.45) is 3.06. The first-order valence-corrected chi connectivity index (χ1v) is 6.35. The Morgan fingerprint density at radius 1 is 1.44 bits per heavy atom. The zero-order valence-electron chi connectivity index (χ0n) is 10.8. The molecule has 1 aromatic heterocycles. The monoisotopic (exact) mass is 239 g/mol. The van der Waals surface area contributed by atoms with Crippen LogP contribution in [0.1, 0.15) is 23.5 Å². The minimum atomic E-state index is 0.679. The van der Waals surface area contributed by atoms with Crippen molar-refractivity contribution in [2.75, 3.05) is 20.6 Å². The third-order valence-corrected chi connectivity index (χ3v) is 3.78. The second-order valence-electron chi connectivity index (χ2n) is 5.48. The van der Waals surface area contributed by atoms with Gasteiger partial charge in [0.15, 0.2) is 0 Å². The molecule has 0 unspecified atom stereocenters. The number of hydrogen-bond acceptors (Lipinski definition) is 2. The van der Waals surface area contributed by atoms with Crippen LogP contribution in [0.15, 0.2) is 24.4 Å². The van der Waals surface area contributed by atoms with Crippen LogP contribution in [0.2, 0.25) is 0 Å². The molecule has 1 aliphatic carbocycles. The van der Waals surface area contributed by atoms with E-state index in [1.165, 1.54) is 12.0 Å². The fraction of sp³-hybridized carbons (Fsp3) is 0.400. The summed E-state index contributed by atoms with van der Waals surface area (Å²) in [5, 5.41) is 10.1. The van der Waals surface area contributed by atoms with E-state index in [9.17, 15) is 0 Å². The summed E-state index contributed by atoms with van der Waals surface area (Å²) < 4.78 is 0. The van der Waals surface area contributed by atoms with Crippen LogP contribution < -0.4 is 0 Å². The molecule has 1 fully saturated rings. The number of fused-ring (bicyclic) bond motifs is 1. The van der Waals surface area contributed by atoms with Crippen LogP contribution >= 0.6 is 0 Å². The summed E-state index contributed by atoms with van der Waals surface area (Å²) in [6, 6.07) is 8.71. The van der Waals surface area contributed by atoms with E-state index in [0.717, 1.165) is 28.9 Å². The molecule has 3 nitrogen and oxygen atoms in total. The zero-order valence-corrected chi connectivity index (χ0v) is 10.8. The number of nitriles is 1. The Morgan fingerprint density at radius 2 is 2.28 bits per heavy atom. The average Bonchev–Trinajstić information content (AvgIpc) is 2.98. The summed E-state index contributed by atoms with van der Waals surface area (Å²) in [7, 11) is 4.25. The number of nitrogens with one attached hydrogen (secondary N) is 1. The number of nitrogens with zero attached hydrogens (tertiary/aromatic N) is 2. The number of rotatable bonds is 3. The highest BCUT2D eigenvalue weighted by Gasteiger charge is 2.38. The summed E-state index contributed by atoms with van der Waals surface area (Å²) in [4.78, 5) is 5.39. The van der Waals surface area contributed by atoms with Gasteiger partial charge in [-0.05, 0) is 50.0 Å². The molecule has 0 spiro atoms. The maximum Gasteiger partial charge on any atom is 0.101 e. The zero-order chi connectivity index (χ0) is 12.7. The van der Waals surface area contributed by atoms with Crippen molar-refractivity contribution >= 4 is 10.9 Å². The van der Waals surface area contributed by atoms with Crippen molar-refractivity contribution in [3.05, 3.63) is 35.5 Å². The maximum atomic E-state index is 9.06. The van der Waals surface area contributed by atoms with Crippen LogP contribution in [0.3, 0.4) is 0 Å². The number of aromatic nitrogens is 1. The second kappa shape index (κ2) is 4.15. The molecule has 1 saturated carbocycles. The predicted octanol–water partition coefficient (Wildman–Crippen LogP) is 2.70. The minimum absolute atomic E-state index is 0.679. The average molecular weight is 239 g/mol. The lowest BCUT2D eigenvalue weighted by Crippen LogP contribution is -2.15. The van der Waals surface area contributed by atoms with Crippen molar-refractivity contribution in [1.82, 2.24) is 9.88 Å². The van der Waals surface area contributed by atoms with Gasteiger partial charge in [-0.25, -0.2) is 0 Å². The molecule has 0 amide bonds. The van der Waals surface area contributed by atoms with Crippen LogP contribution in [0.25, 0.3) is 10.9 Å². The molecule has 18 heavy (non-hydrogen) atoms. The molecule has 0 bridgehead atoms. The molecule has 0 aliphatic heterocycles. The third-order valence-electron chi connectivity index (χ3n) is 3.78. The Labute approximate surface area is 107 Å². The Morgan fingerprint density at radius 3 is 3.00 bits per heavy atom. The molecule has 3 rings (SSSR count). The lowest BCUT2D eigenvalue weighted by atomic mass is 10.1. The summed E-state index contributed by atoms with van der Waals surface area (Å²) in [5.41, 5.74) is 3.18. The smallest absolute Gasteiger partial charge is 0.101 e. The molecular weight excluding hydrogens is 222 g/mol. The highest BCUT2D eigenvalue weighted by molar-refractivity contribution is 5.86. The Balaban J connectivity index is 1.88. The van der Waals surface area contributed by atoms with Gasteiger partial charge in [0.1, 0.15) is 6.07 Å². The van der Waals surface area contributed by atoms with Gasteiger partial charge in [0, 0.05) is 23.6 Å². The van der Waals surface area contributed by atoms with Gasteiger partial charge >= 0.3 is 0 Å². The summed E-state index contributed by atoms with van der Waals surface area (Å²) in [6.45, 7) is 1.15. The van der Waals surface area contributed by atoms with Crippen molar-refractivity contribution in [3.8, 4) is 6.07 Å². The molecule has 1 heterocycles. The van der Waals surface area contributed by atoms with E-state index < -0.39 is 0 Å². The van der Waals surface area contributed by atoms with Crippen molar-refractivity contribution in [1.29, 1.82) is 5.26 Å². The van der Waals surface area contributed by atoms with E-state index in [1.807, 2.05) is 0 Å². The lowest BCUT2D eigenvalue weighted by Gasteiger charge is -2.08. The first-order chi connectivity index (χ1) is 8.69. The summed E-state index contributed by atoms with van der Waals surface area (Å²) >= 11 is 0. The van der Waals surface area contributed by atoms with E-state index in [2.05, 4.69) is 48.2 Å². The van der Waals surface area contributed by atoms with Crippen LogP contribution in [-0.2, 0) is 0 Å². The Kier molecular flexibility index (Phi) is 2.61. The van der Waals surface area contributed by atoms with Crippen LogP contribution in [0, 0.1) is 17.2 Å². The number of aromatic amines is 1. The van der Waals surface area contributed by atoms with Gasteiger partial charge in [-0.1, -0.05) is 6.07 Å². The molecule has 1 aliphatic rings. The fourth-order valence-corrected chi connectivity index (χ4v) is 2.79. The highest BCUT2D eigenvalue weighted by Crippen LogP contribution is 2.48. The molecule has 92 valence electrons. The van der Waals surface area contributed by atoms with E-state index in [-0.39, 0.29) is 0 Å². The van der Waals surface area contributed by atoms with Crippen LogP contribution in [0.4, 0.5) is 0 Å². The topological polar surface area (TPSA) is 42.8 Å². The van der Waals surface area contributed by atoms with Crippen LogP contribution in [0.5, 0.6) is 0 Å². The minimum Gasteiger partial charge on any atom is -0.360 e. The summed E-state index contributed by atoms with van der Waals surface area (Å²) in [5.74, 6) is 1.46. The van der Waals surface area contributed by atoms with E-state index >= 15 is 0 Å². The molecule has 0 saturated heterocycles. The molecular formula is C15H17N3. The van der Waals surface area contributed by atoms with Gasteiger partial charge in [-0.15, -0.1) is 0 Å². The quantitative estimate of drug-likeness (QED) is 0.894. The van der Waals surface area contributed by atoms with Gasteiger partial charge in [0.05, 0.1) is 5.56 Å². The number of H-pyrrole nitrogens is 1. The maximum absolute atomic E-state index is 9.06. The van der Waals surface area contributed by atoms with E-state index in [1.54, 1.807) is 6.20 Å². The first-order valence-electron chi connectivity index (χ1n) is 6.35. The molecule has 1 N–H and O–H groups in total. The fourth-order valence-electron chi connectivity index (χ4n) is 2.79. The van der Waals surface area contributed by atoms with Crippen molar-refractivity contribution in [3.63, 3.8) is 0 Å². The largest absolute Gasteiger partial charge is 0.360 e. The first kappa shape index (κ1) is 11.3. The standard InChI is InChI=1S/C15H17N3/c1-18(2)9-11-6-13(11)10-3-4-15-14(5-10)12(7-16)8-17-15/h3-5,8,11,13,17H,6,9H2,1-2H3/t11-,13-/m0/s1. The van der Waals surface area contributed by atoms with Crippen LogP contribution in [-0.4, -0.2) is 30.5 Å². The molecule has 0 radical (unpaired) electrons. The van der Waals surface area contributed by atoms with Gasteiger partial charge in [-0.3, -0.25) is 0 Å². The van der Waals surface area contributed by atoms with Gasteiger partial charge in [-0.2, -0.15) is 5.26 Å². The SMILES string of the molecule is CN(C)C[C@@H]1C[C@H]1c1ccc2[nH]cc(C#N)c2c1. The van der Waals surface area contributed by atoms with Crippen molar-refractivity contribution in [2.24, 2.45) is 5.92 Å². The molecule has 2 aromatic rings. The van der Waals surface area contributed by atoms with Gasteiger partial charge < -0.3 is 9.88 Å². The van der Waals surface area contributed by atoms with Crippen molar-refractivity contribution < 1.29 is 0 Å². The van der Waals surface area contributed by atoms with E-state index in [0.29, 0.717) is 5.92 Å². The third kappa shape index (κ3) is 1.89. The van der Waals surface area contributed by atoms with Gasteiger partial charge in [0.2, 0.25) is 0 Å².